The van der Waals surface area contributed by atoms with Gasteiger partial charge in [0.2, 0.25) is 0 Å². The fraction of sp³-hybridized carbons (Fsp3) is 0.417. The minimum Gasteiger partial charge on any atom is -0.297 e. The summed E-state index contributed by atoms with van der Waals surface area (Å²) < 4.78 is 52.6. The van der Waals surface area contributed by atoms with Gasteiger partial charge in [-0.25, -0.2) is 4.98 Å². The third kappa shape index (κ3) is 6.55. The molecule has 194 valence electrons. The number of piperazine rings is 1. The van der Waals surface area contributed by atoms with Crippen LogP contribution in [0.15, 0.2) is 50.8 Å². The lowest BCUT2D eigenvalue weighted by Gasteiger charge is -2.35. The second-order valence-corrected chi connectivity index (χ2v) is 11.7. The van der Waals surface area contributed by atoms with Crippen LogP contribution in [0.3, 0.4) is 0 Å². The molecule has 36 heavy (non-hydrogen) atoms. The average Bonchev–Trinajstić information content (AvgIpc) is 2.82. The Kier molecular flexibility index (Phi) is 8.56. The van der Waals surface area contributed by atoms with Gasteiger partial charge in [-0.1, -0.05) is 34.5 Å². The highest BCUT2D eigenvalue weighted by molar-refractivity contribution is 9.10. The van der Waals surface area contributed by atoms with Crippen molar-refractivity contribution in [3.8, 4) is 0 Å². The van der Waals surface area contributed by atoms with Crippen LogP contribution in [0.4, 0.5) is 13.2 Å². The van der Waals surface area contributed by atoms with E-state index in [1.807, 2.05) is 13.0 Å². The van der Waals surface area contributed by atoms with Gasteiger partial charge in [0.05, 0.1) is 41.1 Å². The van der Waals surface area contributed by atoms with E-state index < -0.39 is 23.5 Å². The highest BCUT2D eigenvalue weighted by Crippen LogP contribution is 2.25. The smallest absolute Gasteiger partial charge is 0.297 e. The van der Waals surface area contributed by atoms with Gasteiger partial charge in [0.15, 0.2) is 0 Å². The van der Waals surface area contributed by atoms with Crippen molar-refractivity contribution in [2.75, 3.05) is 38.5 Å². The molecule has 0 N–H and O–H groups in total. The zero-order valence-corrected chi connectivity index (χ0v) is 22.7. The second-order valence-electron chi connectivity index (χ2n) is 8.69. The molecule has 1 aromatic heterocycles. The molecule has 0 radical (unpaired) electrons. The Morgan fingerprint density at radius 1 is 1.06 bits per heavy atom. The van der Waals surface area contributed by atoms with Crippen LogP contribution in [0.5, 0.6) is 0 Å². The molecular weight excluding hydrogens is 581 g/mol. The molecule has 0 amide bonds. The summed E-state index contributed by atoms with van der Waals surface area (Å²) in [4.78, 5) is 21.9. The quantitative estimate of drug-likeness (QED) is 0.392. The first-order chi connectivity index (χ1) is 17.0. The second kappa shape index (κ2) is 11.3. The molecule has 2 aromatic carbocycles. The Hall–Kier alpha value is -1.79. The van der Waals surface area contributed by atoms with Crippen LogP contribution in [0.2, 0.25) is 5.02 Å². The molecule has 1 atom stereocenters. The zero-order valence-electron chi connectivity index (χ0n) is 19.5. The average molecular weight is 606 g/mol. The highest BCUT2D eigenvalue weighted by Gasteiger charge is 2.32. The van der Waals surface area contributed by atoms with Crippen molar-refractivity contribution in [2.24, 2.45) is 0 Å². The standard InChI is InChI=1S/C24H25BrClF3N4O2S/c1-2-36(35)22-4-3-18(26)9-17(22)13-33-15-30-21-10-16(20(25)11-19(21)23(33)34)12-31-5-7-32(8-6-31)14-24(27,28)29/h3-4,9-11,15H,2,5-8,12-14H2,1H3. The third-order valence-electron chi connectivity index (χ3n) is 6.12. The van der Waals surface area contributed by atoms with Crippen LogP contribution >= 0.6 is 27.5 Å². The summed E-state index contributed by atoms with van der Waals surface area (Å²) in [5.74, 6) is 0.451. The molecule has 1 aliphatic rings. The minimum atomic E-state index is -4.19. The molecular formula is C24H25BrClF3N4O2S. The highest BCUT2D eigenvalue weighted by atomic mass is 79.9. The maximum atomic E-state index is 13.3. The third-order valence-corrected chi connectivity index (χ3v) is 8.51. The van der Waals surface area contributed by atoms with Gasteiger partial charge in [-0.15, -0.1) is 0 Å². The lowest BCUT2D eigenvalue weighted by atomic mass is 10.1. The van der Waals surface area contributed by atoms with Gasteiger partial charge >= 0.3 is 6.18 Å². The first-order valence-corrected chi connectivity index (χ1v) is 13.9. The molecule has 0 aliphatic carbocycles. The largest absolute Gasteiger partial charge is 0.401 e. The number of aromatic nitrogens is 2. The van der Waals surface area contributed by atoms with Crippen LogP contribution in [0.25, 0.3) is 10.9 Å². The summed E-state index contributed by atoms with van der Waals surface area (Å²) >= 11 is 9.71. The number of benzene rings is 2. The number of halogens is 5. The van der Waals surface area contributed by atoms with Gasteiger partial charge in [0.25, 0.3) is 5.56 Å². The summed E-state index contributed by atoms with van der Waals surface area (Å²) in [6.45, 7) is 3.41. The zero-order chi connectivity index (χ0) is 26.0. The van der Waals surface area contributed by atoms with Gasteiger partial charge < -0.3 is 0 Å². The molecule has 12 heteroatoms. The van der Waals surface area contributed by atoms with Gasteiger partial charge in [-0.2, -0.15) is 13.2 Å². The fourth-order valence-electron chi connectivity index (χ4n) is 4.29. The molecule has 1 saturated heterocycles. The van der Waals surface area contributed by atoms with Gasteiger partial charge in [-0.3, -0.25) is 23.4 Å². The monoisotopic (exact) mass is 604 g/mol. The van der Waals surface area contributed by atoms with Crippen molar-refractivity contribution in [3.05, 3.63) is 67.6 Å². The van der Waals surface area contributed by atoms with E-state index >= 15 is 0 Å². The van der Waals surface area contributed by atoms with Crippen LogP contribution in [-0.2, 0) is 23.9 Å². The number of nitrogens with zero attached hydrogens (tertiary/aromatic N) is 4. The number of hydrogen-bond acceptors (Lipinski definition) is 5. The molecule has 4 rings (SSSR count). The Labute approximate surface area is 222 Å². The molecule has 1 aliphatic heterocycles. The normalized spacial score (nSPS) is 16.5. The van der Waals surface area contributed by atoms with E-state index in [9.17, 15) is 22.2 Å². The Bertz CT molecular complexity index is 1340. The van der Waals surface area contributed by atoms with Crippen molar-refractivity contribution < 1.29 is 17.4 Å². The number of hydrogen-bond donors (Lipinski definition) is 0. The SMILES string of the molecule is CCS(=O)c1ccc(Cl)cc1Cn1cnc2cc(CN3CCN(CC(F)(F)F)CC3)c(Br)cc2c1=O. The summed E-state index contributed by atoms with van der Waals surface area (Å²) in [5.41, 5.74) is 1.91. The Morgan fingerprint density at radius 2 is 1.75 bits per heavy atom. The van der Waals surface area contributed by atoms with Crippen LogP contribution in [-0.4, -0.2) is 68.2 Å². The molecule has 0 bridgehead atoms. The lowest BCUT2D eigenvalue weighted by Crippen LogP contribution is -2.48. The molecule has 3 aromatic rings. The first-order valence-electron chi connectivity index (χ1n) is 11.4. The molecule has 2 heterocycles. The van der Waals surface area contributed by atoms with E-state index in [4.69, 9.17) is 11.6 Å². The molecule has 1 fully saturated rings. The van der Waals surface area contributed by atoms with Gasteiger partial charge in [-0.05, 0) is 41.5 Å². The number of rotatable bonds is 7. The molecule has 0 saturated carbocycles. The lowest BCUT2D eigenvalue weighted by molar-refractivity contribution is -0.149. The Balaban J connectivity index is 1.54. The first kappa shape index (κ1) is 27.3. The predicted octanol–water partition coefficient (Wildman–Crippen LogP) is 4.67. The molecule has 0 spiro atoms. The van der Waals surface area contributed by atoms with E-state index in [2.05, 4.69) is 25.8 Å². The topological polar surface area (TPSA) is 58.4 Å². The summed E-state index contributed by atoms with van der Waals surface area (Å²) in [5, 5.41) is 0.929. The molecule has 6 nitrogen and oxygen atoms in total. The van der Waals surface area contributed by atoms with Crippen molar-refractivity contribution in [1.29, 1.82) is 0 Å². The predicted molar refractivity (Wildman–Crippen MR) is 139 cm³/mol. The van der Waals surface area contributed by atoms with E-state index in [1.54, 1.807) is 24.3 Å². The van der Waals surface area contributed by atoms with Gasteiger partial charge in [0.1, 0.15) is 0 Å². The summed E-state index contributed by atoms with van der Waals surface area (Å²) in [7, 11) is -1.20. The van der Waals surface area contributed by atoms with Crippen LogP contribution < -0.4 is 5.56 Å². The summed E-state index contributed by atoms with van der Waals surface area (Å²) in [6, 6.07) is 8.70. The van der Waals surface area contributed by atoms with E-state index in [0.717, 1.165) is 10.0 Å². The maximum absolute atomic E-state index is 13.3. The van der Waals surface area contributed by atoms with Gasteiger partial charge in [0, 0.05) is 52.9 Å². The van der Waals surface area contributed by atoms with E-state index in [1.165, 1.54) is 15.8 Å². The van der Waals surface area contributed by atoms with Crippen molar-refractivity contribution in [1.82, 2.24) is 19.4 Å². The van der Waals surface area contributed by atoms with Crippen LogP contribution in [0.1, 0.15) is 18.1 Å². The van der Waals surface area contributed by atoms with Crippen LogP contribution in [0, 0.1) is 0 Å². The maximum Gasteiger partial charge on any atom is 0.401 e. The summed E-state index contributed by atoms with van der Waals surface area (Å²) in [6.07, 6.45) is -2.72. The molecule has 1 unspecified atom stereocenters. The Morgan fingerprint density at radius 3 is 2.42 bits per heavy atom. The van der Waals surface area contributed by atoms with E-state index in [0.29, 0.717) is 64.9 Å². The van der Waals surface area contributed by atoms with Crippen molar-refractivity contribution in [2.45, 2.75) is 31.1 Å². The van der Waals surface area contributed by atoms with E-state index in [-0.39, 0.29) is 12.1 Å². The van der Waals surface area contributed by atoms with Crippen molar-refractivity contribution in [3.63, 3.8) is 0 Å². The number of fused-ring (bicyclic) bond motifs is 1. The van der Waals surface area contributed by atoms with Crippen molar-refractivity contribution >= 4 is 49.2 Å². The number of alkyl halides is 3. The fourth-order valence-corrected chi connectivity index (χ4v) is 5.90. The minimum absolute atomic E-state index is 0.185.